The summed E-state index contributed by atoms with van der Waals surface area (Å²) in [5.74, 6) is 0. The molecule has 9 nitrogen and oxygen atoms in total. The minimum atomic E-state index is -3.40. The molecule has 3 atom stereocenters. The Morgan fingerprint density at radius 1 is 1.17 bits per heavy atom. The zero-order valence-corrected chi connectivity index (χ0v) is 19.4. The van der Waals surface area contributed by atoms with E-state index in [0.29, 0.717) is 6.42 Å². The summed E-state index contributed by atoms with van der Waals surface area (Å²) in [4.78, 5) is 25.8. The normalized spacial score (nSPS) is 21.7. The van der Waals surface area contributed by atoms with Gasteiger partial charge in [0.15, 0.2) is 0 Å². The van der Waals surface area contributed by atoms with Crippen LogP contribution in [0, 0.1) is 0 Å². The van der Waals surface area contributed by atoms with Gasteiger partial charge in [-0.25, -0.2) is 0 Å². The van der Waals surface area contributed by atoms with Crippen molar-refractivity contribution in [2.24, 2.45) is 0 Å². The molecule has 0 spiro atoms. The molecule has 0 saturated carbocycles. The topological polar surface area (TPSA) is 109 Å². The first-order valence-electron chi connectivity index (χ1n) is 9.62. The Morgan fingerprint density at radius 2 is 1.87 bits per heavy atom. The second kappa shape index (κ2) is 10.7. The fourth-order valence-corrected chi connectivity index (χ4v) is 6.85. The molecule has 11 heteroatoms. The molecule has 2 heterocycles. The Bertz CT molecular complexity index is 971. The molecule has 1 saturated heterocycles. The molecule has 1 aromatic carbocycles. The Morgan fingerprint density at radius 3 is 2.50 bits per heavy atom. The molecule has 1 aromatic heterocycles. The van der Waals surface area contributed by atoms with Gasteiger partial charge in [-0.05, 0) is 0 Å². The molecule has 0 aliphatic carbocycles. The van der Waals surface area contributed by atoms with E-state index in [1.54, 1.807) is 13.8 Å². The summed E-state index contributed by atoms with van der Waals surface area (Å²) in [6.07, 6.45) is 0.385. The van der Waals surface area contributed by atoms with Gasteiger partial charge in [-0.15, -0.1) is 0 Å². The molecule has 2 aromatic rings. The van der Waals surface area contributed by atoms with Gasteiger partial charge in [0.25, 0.3) is 0 Å². The van der Waals surface area contributed by atoms with Gasteiger partial charge in [0, 0.05) is 0 Å². The molecule has 30 heavy (non-hydrogen) atoms. The van der Waals surface area contributed by atoms with Crippen LogP contribution in [0.25, 0.3) is 0 Å². The van der Waals surface area contributed by atoms with E-state index in [2.05, 4.69) is 4.98 Å². The summed E-state index contributed by atoms with van der Waals surface area (Å²) in [7, 11) is -3.40. The van der Waals surface area contributed by atoms with Crippen molar-refractivity contribution in [3.63, 3.8) is 0 Å². The van der Waals surface area contributed by atoms with Gasteiger partial charge in [0.2, 0.25) is 0 Å². The maximum absolute atomic E-state index is 12.8. The molecular formula is C19H25N2O7PSe. The van der Waals surface area contributed by atoms with Crippen LogP contribution in [-0.2, 0) is 23.1 Å². The minimum absolute atomic E-state index is 0.0201. The Balaban J connectivity index is 1.78. The average molecular weight is 503 g/mol. The molecule has 0 amide bonds. The van der Waals surface area contributed by atoms with Crippen molar-refractivity contribution in [1.29, 1.82) is 0 Å². The van der Waals surface area contributed by atoms with Crippen molar-refractivity contribution >= 4 is 27.0 Å². The Hall–Kier alpha value is -1.51. The van der Waals surface area contributed by atoms with Crippen LogP contribution in [0.1, 0.15) is 26.5 Å². The number of nitrogens with one attached hydrogen (secondary N) is 1. The van der Waals surface area contributed by atoms with E-state index >= 15 is 0 Å². The number of rotatable bonds is 10. The van der Waals surface area contributed by atoms with Crippen LogP contribution < -0.4 is 15.7 Å². The predicted molar refractivity (Wildman–Crippen MR) is 112 cm³/mol. The first kappa shape index (κ1) is 23.2. The fourth-order valence-electron chi connectivity index (χ4n) is 3.04. The summed E-state index contributed by atoms with van der Waals surface area (Å²) < 4.78 is 37.7. The summed E-state index contributed by atoms with van der Waals surface area (Å²) in [5, 5.41) is 0. The van der Waals surface area contributed by atoms with Gasteiger partial charge in [-0.2, -0.15) is 0 Å². The van der Waals surface area contributed by atoms with Crippen LogP contribution in [0.4, 0.5) is 0 Å². The Labute approximate surface area is 180 Å². The second-order valence-corrected chi connectivity index (χ2v) is 11.2. The molecule has 1 fully saturated rings. The summed E-state index contributed by atoms with van der Waals surface area (Å²) >= 11 is -0.0201. The molecule has 1 aliphatic rings. The van der Waals surface area contributed by atoms with Gasteiger partial charge < -0.3 is 0 Å². The SMILES string of the molecule is CCOP(=O)(COC1OC(n2ccc(=O)[nH]c2=O)CC1[Se]c1ccccc1)OCC. The van der Waals surface area contributed by atoms with Crippen LogP contribution >= 0.6 is 7.60 Å². The fraction of sp³-hybridized carbons (Fsp3) is 0.474. The van der Waals surface area contributed by atoms with E-state index in [0.717, 1.165) is 4.46 Å². The van der Waals surface area contributed by atoms with E-state index in [4.69, 9.17) is 18.5 Å². The molecule has 1 aliphatic heterocycles. The van der Waals surface area contributed by atoms with Gasteiger partial charge >= 0.3 is 180 Å². The van der Waals surface area contributed by atoms with Crippen LogP contribution in [-0.4, -0.2) is 50.4 Å². The van der Waals surface area contributed by atoms with Crippen molar-refractivity contribution in [3.8, 4) is 0 Å². The number of ether oxygens (including phenoxy) is 2. The monoisotopic (exact) mass is 504 g/mol. The number of aromatic nitrogens is 2. The zero-order valence-electron chi connectivity index (χ0n) is 16.8. The average Bonchev–Trinajstić information content (AvgIpc) is 3.10. The molecule has 0 radical (unpaired) electrons. The number of aromatic amines is 1. The third-order valence-electron chi connectivity index (χ3n) is 4.27. The van der Waals surface area contributed by atoms with Crippen molar-refractivity contribution < 1.29 is 23.1 Å². The second-order valence-electron chi connectivity index (χ2n) is 6.42. The maximum atomic E-state index is 12.8. The molecule has 1 N–H and O–H groups in total. The first-order valence-corrected chi connectivity index (χ1v) is 13.2. The quantitative estimate of drug-likeness (QED) is 0.389. The third-order valence-corrected chi connectivity index (χ3v) is 8.69. The van der Waals surface area contributed by atoms with Crippen LogP contribution in [0.3, 0.4) is 0 Å². The van der Waals surface area contributed by atoms with Crippen LogP contribution in [0.2, 0.25) is 4.82 Å². The summed E-state index contributed by atoms with van der Waals surface area (Å²) in [5.41, 5.74) is -1.02. The summed E-state index contributed by atoms with van der Waals surface area (Å²) in [6.45, 7) is 3.94. The van der Waals surface area contributed by atoms with Crippen molar-refractivity contribution in [2.45, 2.75) is 37.6 Å². The zero-order chi connectivity index (χ0) is 21.6. The van der Waals surface area contributed by atoms with E-state index in [-0.39, 0.29) is 39.3 Å². The number of hydrogen-bond acceptors (Lipinski definition) is 7. The van der Waals surface area contributed by atoms with Crippen molar-refractivity contribution in [1.82, 2.24) is 9.55 Å². The van der Waals surface area contributed by atoms with Crippen molar-refractivity contribution in [2.75, 3.05) is 19.6 Å². The van der Waals surface area contributed by atoms with Crippen LogP contribution in [0.5, 0.6) is 0 Å². The number of nitrogens with zero attached hydrogens (tertiary/aromatic N) is 1. The third kappa shape index (κ3) is 6.02. The van der Waals surface area contributed by atoms with E-state index in [1.807, 2.05) is 30.3 Å². The molecule has 3 unspecified atom stereocenters. The van der Waals surface area contributed by atoms with Gasteiger partial charge in [-0.1, -0.05) is 0 Å². The van der Waals surface area contributed by atoms with E-state index < -0.39 is 31.4 Å². The molecule has 164 valence electrons. The number of benzene rings is 1. The van der Waals surface area contributed by atoms with Crippen LogP contribution in [0.15, 0.2) is 52.2 Å². The van der Waals surface area contributed by atoms with Gasteiger partial charge in [0.1, 0.15) is 0 Å². The van der Waals surface area contributed by atoms with E-state index in [1.165, 1.54) is 16.8 Å². The summed E-state index contributed by atoms with van der Waals surface area (Å²) in [6, 6.07) is 11.2. The standard InChI is InChI=1S/C19H25N2O7PSe/c1-3-26-29(24,27-4-2)13-25-18-15(30-14-8-6-5-7-9-14)12-17(28-18)21-11-10-16(22)20-19(21)23/h5-11,15,17-18H,3-4,12-13H2,1-2H3,(H,20,22,23). The van der Waals surface area contributed by atoms with Gasteiger partial charge in [-0.3, -0.25) is 0 Å². The predicted octanol–water partition coefficient (Wildman–Crippen LogP) is 1.84. The van der Waals surface area contributed by atoms with Crippen molar-refractivity contribution in [3.05, 3.63) is 63.4 Å². The first-order chi connectivity index (χ1) is 14.4. The molecular weight excluding hydrogens is 478 g/mol. The molecule has 3 rings (SSSR count). The molecule has 0 bridgehead atoms. The Kier molecular flexibility index (Phi) is 8.25. The van der Waals surface area contributed by atoms with Gasteiger partial charge in [0.05, 0.1) is 0 Å². The number of hydrogen-bond donors (Lipinski definition) is 1. The van der Waals surface area contributed by atoms with E-state index in [9.17, 15) is 14.2 Å². The number of H-pyrrole nitrogens is 1.